The van der Waals surface area contributed by atoms with Crippen LogP contribution in [0.15, 0.2) is 30.3 Å². The van der Waals surface area contributed by atoms with Crippen LogP contribution in [0.1, 0.15) is 25.3 Å². The molecule has 0 atom stereocenters. The van der Waals surface area contributed by atoms with Gasteiger partial charge in [0.25, 0.3) is 0 Å². The second-order valence-corrected chi connectivity index (χ2v) is 4.03. The number of rotatable bonds is 3. The number of carbonyl (C=O) groups is 2. The molecule has 1 aromatic rings. The summed E-state index contributed by atoms with van der Waals surface area (Å²) in [6.07, 6.45) is 3.83. The van der Waals surface area contributed by atoms with E-state index in [1.807, 2.05) is 0 Å². The summed E-state index contributed by atoms with van der Waals surface area (Å²) in [5.41, 5.74) is 10.0. The van der Waals surface area contributed by atoms with Crippen molar-refractivity contribution in [3.8, 4) is 0 Å². The zero-order valence-electron chi connectivity index (χ0n) is 10.6. The Morgan fingerprint density at radius 2 is 1.42 bits per heavy atom. The molecule has 0 spiro atoms. The van der Waals surface area contributed by atoms with Gasteiger partial charge in [-0.05, 0) is 18.4 Å². The molecule has 1 rings (SSSR count). The topological polar surface area (TPSA) is 86.2 Å². The Hall–Kier alpha value is -0.881. The minimum absolute atomic E-state index is 0. The number of nitrogens with two attached hydrogens (primary N) is 2. The standard InChI is InChI=1S/C10H14.2CH3NOS.Cu/c1-2-3-7-10-8-5-4-6-9-10;2*2-1(3)4;/h4-6,8-9H,2-3,7H2,1H3;2*(H3,2,3,4);/q;;;+2/p-2. The maximum Gasteiger partial charge on any atom is 2.00 e. The van der Waals surface area contributed by atoms with Crippen molar-refractivity contribution in [3.63, 3.8) is 0 Å². The zero-order chi connectivity index (χ0) is 14.4. The van der Waals surface area contributed by atoms with E-state index in [1.165, 1.54) is 24.8 Å². The van der Waals surface area contributed by atoms with Gasteiger partial charge in [-0.15, -0.1) is 0 Å². The smallest absolute Gasteiger partial charge is 0.719 e. The Labute approximate surface area is 136 Å². The quantitative estimate of drug-likeness (QED) is 0.647. The number of hydrogen-bond acceptors (Lipinski definition) is 4. The van der Waals surface area contributed by atoms with E-state index in [2.05, 4.69) is 74.0 Å². The van der Waals surface area contributed by atoms with E-state index in [-0.39, 0.29) is 17.1 Å². The van der Waals surface area contributed by atoms with Gasteiger partial charge in [0.05, 0.1) is 10.5 Å². The normalized spacial score (nSPS) is 7.63. The average Bonchev–Trinajstić information content (AvgIpc) is 2.26. The van der Waals surface area contributed by atoms with Gasteiger partial charge >= 0.3 is 17.1 Å². The van der Waals surface area contributed by atoms with Crippen molar-refractivity contribution in [1.29, 1.82) is 0 Å². The Bertz CT molecular complexity index is 318. The fourth-order valence-corrected chi connectivity index (χ4v) is 1.03. The molecule has 0 aromatic heterocycles. The van der Waals surface area contributed by atoms with Gasteiger partial charge in [0.15, 0.2) is 0 Å². The molecule has 0 heterocycles. The van der Waals surface area contributed by atoms with E-state index in [0.29, 0.717) is 0 Å². The zero-order valence-corrected chi connectivity index (χ0v) is 13.2. The Morgan fingerprint density at radius 1 is 1.05 bits per heavy atom. The molecule has 0 saturated carbocycles. The van der Waals surface area contributed by atoms with Gasteiger partial charge in [-0.2, -0.15) is 0 Å². The van der Waals surface area contributed by atoms with Crippen LogP contribution in [0.5, 0.6) is 0 Å². The summed E-state index contributed by atoms with van der Waals surface area (Å²) in [6, 6.07) is 10.6. The largest absolute Gasteiger partial charge is 2.00 e. The Morgan fingerprint density at radius 3 is 1.74 bits per heavy atom. The molecule has 111 valence electrons. The fraction of sp³-hybridized carbons (Fsp3) is 0.333. The summed E-state index contributed by atoms with van der Waals surface area (Å²) in [6.45, 7) is 2.23. The SMILES string of the molecule is CCCCc1ccccc1.NC(=O)[S-].NC(=O)[S-].[Cu+2]. The van der Waals surface area contributed by atoms with Crippen molar-refractivity contribution in [3.05, 3.63) is 35.9 Å². The molecule has 1 aromatic carbocycles. The molecule has 0 aliphatic carbocycles. The van der Waals surface area contributed by atoms with E-state index < -0.39 is 10.5 Å². The van der Waals surface area contributed by atoms with Crippen molar-refractivity contribution in [2.24, 2.45) is 11.5 Å². The van der Waals surface area contributed by atoms with Crippen molar-refractivity contribution < 1.29 is 26.7 Å². The van der Waals surface area contributed by atoms with Crippen molar-refractivity contribution >= 4 is 35.7 Å². The van der Waals surface area contributed by atoms with Crippen LogP contribution in [-0.2, 0) is 48.7 Å². The molecule has 0 aliphatic heterocycles. The van der Waals surface area contributed by atoms with Crippen LogP contribution in [0.3, 0.4) is 0 Å². The van der Waals surface area contributed by atoms with Crippen molar-refractivity contribution in [2.45, 2.75) is 26.2 Å². The molecule has 1 radical (unpaired) electrons. The molecular weight excluding hydrogens is 332 g/mol. The van der Waals surface area contributed by atoms with Crippen LogP contribution in [0.2, 0.25) is 0 Å². The third kappa shape index (κ3) is 31.7. The number of hydrogen-bond donors (Lipinski definition) is 2. The van der Waals surface area contributed by atoms with E-state index >= 15 is 0 Å². The van der Waals surface area contributed by atoms with Crippen LogP contribution >= 0.6 is 0 Å². The summed E-state index contributed by atoms with van der Waals surface area (Å²) in [4.78, 5) is 18.1. The van der Waals surface area contributed by atoms with Gasteiger partial charge in [-0.1, -0.05) is 43.7 Å². The van der Waals surface area contributed by atoms with Gasteiger partial charge in [0.2, 0.25) is 0 Å². The number of carbonyl (C=O) groups excluding carboxylic acids is 2. The predicted molar refractivity (Wildman–Crippen MR) is 79.0 cm³/mol. The second kappa shape index (κ2) is 17.1. The summed E-state index contributed by atoms with van der Waals surface area (Å²) in [7, 11) is 0. The molecule has 4 nitrogen and oxygen atoms in total. The third-order valence-corrected chi connectivity index (χ3v) is 1.66. The summed E-state index contributed by atoms with van der Waals surface area (Å²) >= 11 is 7.52. The molecule has 0 unspecified atom stereocenters. The molecular formula is C12H18CuN2O2S2. The number of unbranched alkanes of at least 4 members (excludes halogenated alkanes) is 1. The summed E-state index contributed by atoms with van der Waals surface area (Å²) in [5.74, 6) is 0. The van der Waals surface area contributed by atoms with Gasteiger partial charge in [0.1, 0.15) is 0 Å². The molecule has 19 heavy (non-hydrogen) atoms. The van der Waals surface area contributed by atoms with Crippen LogP contribution in [0.4, 0.5) is 9.59 Å². The van der Waals surface area contributed by atoms with Gasteiger partial charge in [-0.25, -0.2) is 0 Å². The van der Waals surface area contributed by atoms with Gasteiger partial charge in [0, 0.05) is 0 Å². The second-order valence-electron chi connectivity index (χ2n) is 3.23. The molecule has 7 heteroatoms. The Balaban J connectivity index is -0.000000242. The minimum Gasteiger partial charge on any atom is -0.719 e. The molecule has 2 amide bonds. The van der Waals surface area contributed by atoms with Gasteiger partial charge < -0.3 is 46.3 Å². The van der Waals surface area contributed by atoms with Crippen LogP contribution in [-0.4, -0.2) is 10.5 Å². The first-order valence-electron chi connectivity index (χ1n) is 5.37. The summed E-state index contributed by atoms with van der Waals surface area (Å²) in [5, 5.41) is -1.50. The molecule has 0 saturated heterocycles. The Kier molecular flexibility index (Phi) is 20.9. The van der Waals surface area contributed by atoms with E-state index in [4.69, 9.17) is 9.59 Å². The van der Waals surface area contributed by atoms with Crippen LogP contribution in [0, 0.1) is 0 Å². The number of aryl methyl sites for hydroxylation is 1. The van der Waals surface area contributed by atoms with E-state index in [0.717, 1.165) is 0 Å². The number of amides is 2. The summed E-state index contributed by atoms with van der Waals surface area (Å²) < 4.78 is 0. The third-order valence-electron chi connectivity index (χ3n) is 1.66. The average molecular weight is 350 g/mol. The maximum absolute atomic E-state index is 9.04. The van der Waals surface area contributed by atoms with E-state index in [1.54, 1.807) is 0 Å². The van der Waals surface area contributed by atoms with Crippen LogP contribution in [0.25, 0.3) is 0 Å². The molecule has 4 N–H and O–H groups in total. The van der Waals surface area contributed by atoms with Crippen LogP contribution < -0.4 is 11.5 Å². The minimum atomic E-state index is -0.750. The fourth-order valence-electron chi connectivity index (χ4n) is 1.03. The number of benzene rings is 1. The first-order chi connectivity index (χ1) is 8.40. The number of primary amides is 2. The van der Waals surface area contributed by atoms with Crippen molar-refractivity contribution in [1.82, 2.24) is 0 Å². The monoisotopic (exact) mass is 349 g/mol. The van der Waals surface area contributed by atoms with Crippen molar-refractivity contribution in [2.75, 3.05) is 0 Å². The van der Waals surface area contributed by atoms with Gasteiger partial charge in [-0.3, -0.25) is 0 Å². The first-order valence-corrected chi connectivity index (χ1v) is 6.18. The molecule has 0 fully saturated rings. The maximum atomic E-state index is 9.04. The van der Waals surface area contributed by atoms with E-state index in [9.17, 15) is 0 Å². The molecule has 0 aliphatic rings. The predicted octanol–water partition coefficient (Wildman–Crippen LogP) is 2.25. The first kappa shape index (κ1) is 23.2. The molecule has 0 bridgehead atoms.